The number of anilines is 1. The van der Waals surface area contributed by atoms with Gasteiger partial charge in [0.1, 0.15) is 4.60 Å². The van der Waals surface area contributed by atoms with E-state index in [1.165, 1.54) is 0 Å². The van der Waals surface area contributed by atoms with Gasteiger partial charge in [-0.2, -0.15) is 0 Å². The molecule has 0 radical (unpaired) electrons. The zero-order valence-electron chi connectivity index (χ0n) is 9.40. The summed E-state index contributed by atoms with van der Waals surface area (Å²) in [7, 11) is 0. The van der Waals surface area contributed by atoms with Crippen molar-refractivity contribution in [2.75, 3.05) is 11.9 Å². The first-order valence-corrected chi connectivity index (χ1v) is 5.96. The van der Waals surface area contributed by atoms with Crippen LogP contribution >= 0.6 is 15.9 Å². The number of halogens is 1. The molecule has 0 aliphatic carbocycles. The van der Waals surface area contributed by atoms with E-state index in [1.807, 2.05) is 13.8 Å². The van der Waals surface area contributed by atoms with Crippen LogP contribution in [0.3, 0.4) is 0 Å². The third kappa shape index (κ3) is 3.57. The number of nitrogens with zero attached hydrogens (tertiary/aromatic N) is 1. The molecule has 0 aliphatic rings. The largest absolute Gasteiger partial charge is 0.330 e. The number of pyridine rings is 1. The van der Waals surface area contributed by atoms with E-state index < -0.39 is 0 Å². The van der Waals surface area contributed by atoms with Crippen LogP contribution in [-0.2, 0) is 4.79 Å². The van der Waals surface area contributed by atoms with Gasteiger partial charge in [0.05, 0.1) is 17.8 Å². The van der Waals surface area contributed by atoms with Crippen molar-refractivity contribution in [2.45, 2.75) is 13.8 Å². The summed E-state index contributed by atoms with van der Waals surface area (Å²) >= 11 is 3.23. The molecule has 1 aromatic rings. The summed E-state index contributed by atoms with van der Waals surface area (Å²) in [5, 5.41) is 2.80. The van der Waals surface area contributed by atoms with Crippen LogP contribution in [0.4, 0.5) is 5.69 Å². The van der Waals surface area contributed by atoms with Crippen molar-refractivity contribution < 1.29 is 4.79 Å². The Labute approximate surface area is 104 Å². The number of nitrogens with two attached hydrogens (primary N) is 1. The topological polar surface area (TPSA) is 68.0 Å². The molecule has 16 heavy (non-hydrogen) atoms. The minimum atomic E-state index is -0.163. The second kappa shape index (κ2) is 5.96. The zero-order chi connectivity index (χ0) is 12.1. The molecule has 4 nitrogen and oxygen atoms in total. The lowest BCUT2D eigenvalue weighted by Gasteiger charge is -2.17. The molecule has 0 aliphatic heterocycles. The Morgan fingerprint density at radius 1 is 1.56 bits per heavy atom. The summed E-state index contributed by atoms with van der Waals surface area (Å²) in [4.78, 5) is 15.9. The van der Waals surface area contributed by atoms with Gasteiger partial charge in [-0.05, 0) is 34.0 Å². The Kier molecular flexibility index (Phi) is 4.89. The highest BCUT2D eigenvalue weighted by atomic mass is 79.9. The van der Waals surface area contributed by atoms with Gasteiger partial charge in [-0.1, -0.05) is 13.8 Å². The fourth-order valence-electron chi connectivity index (χ4n) is 1.37. The monoisotopic (exact) mass is 285 g/mol. The van der Waals surface area contributed by atoms with Crippen molar-refractivity contribution in [3.8, 4) is 0 Å². The average molecular weight is 286 g/mol. The lowest BCUT2D eigenvalue weighted by molar-refractivity contribution is -0.120. The average Bonchev–Trinajstić information content (AvgIpc) is 2.22. The van der Waals surface area contributed by atoms with E-state index in [-0.39, 0.29) is 17.7 Å². The number of hydrogen-bond donors (Lipinski definition) is 2. The number of carbonyl (C=O) groups excluding carboxylic acids is 1. The molecule has 1 atom stereocenters. The minimum absolute atomic E-state index is 0.0541. The lowest BCUT2D eigenvalue weighted by atomic mass is 9.95. The molecule has 1 unspecified atom stereocenters. The van der Waals surface area contributed by atoms with Gasteiger partial charge >= 0.3 is 0 Å². The predicted octanol–water partition coefficient (Wildman–Crippen LogP) is 2.01. The molecule has 1 rings (SSSR count). The van der Waals surface area contributed by atoms with Crippen molar-refractivity contribution in [2.24, 2.45) is 17.6 Å². The molecule has 0 fully saturated rings. The molecule has 5 heteroatoms. The van der Waals surface area contributed by atoms with Crippen molar-refractivity contribution >= 4 is 27.5 Å². The number of carbonyl (C=O) groups is 1. The van der Waals surface area contributed by atoms with E-state index >= 15 is 0 Å². The van der Waals surface area contributed by atoms with Crippen LogP contribution in [0, 0.1) is 11.8 Å². The molecular formula is C11H16BrN3O. The predicted molar refractivity (Wildman–Crippen MR) is 67.9 cm³/mol. The standard InChI is InChI=1S/C11H16BrN3O/c1-7(2)9(5-13)11(16)15-8-3-4-10(12)14-6-8/h3-4,6-7,9H,5,13H2,1-2H3,(H,15,16). The second-order valence-electron chi connectivity index (χ2n) is 3.95. The number of nitrogens with one attached hydrogen (secondary N) is 1. The minimum Gasteiger partial charge on any atom is -0.330 e. The highest BCUT2D eigenvalue weighted by Crippen LogP contribution is 2.14. The Hall–Kier alpha value is -0.940. The number of hydrogen-bond acceptors (Lipinski definition) is 3. The van der Waals surface area contributed by atoms with Crippen LogP contribution in [0.25, 0.3) is 0 Å². The first kappa shape index (κ1) is 13.1. The number of aromatic nitrogens is 1. The third-order valence-corrected chi connectivity index (χ3v) is 2.86. The van der Waals surface area contributed by atoms with Crippen molar-refractivity contribution in [3.05, 3.63) is 22.9 Å². The quantitative estimate of drug-likeness (QED) is 0.832. The van der Waals surface area contributed by atoms with Crippen molar-refractivity contribution in [1.29, 1.82) is 0 Å². The molecule has 88 valence electrons. The maximum Gasteiger partial charge on any atom is 0.229 e. The summed E-state index contributed by atoms with van der Waals surface area (Å²) in [6.45, 7) is 4.32. The summed E-state index contributed by atoms with van der Waals surface area (Å²) in [6, 6.07) is 3.57. The fourth-order valence-corrected chi connectivity index (χ4v) is 1.60. The van der Waals surface area contributed by atoms with E-state index in [1.54, 1.807) is 18.3 Å². The summed E-state index contributed by atoms with van der Waals surface area (Å²) in [5.41, 5.74) is 6.26. The van der Waals surface area contributed by atoms with Gasteiger partial charge in [0, 0.05) is 6.54 Å². The van der Waals surface area contributed by atoms with Crippen molar-refractivity contribution in [3.63, 3.8) is 0 Å². The Morgan fingerprint density at radius 2 is 2.25 bits per heavy atom. The Balaban J connectivity index is 2.66. The van der Waals surface area contributed by atoms with Crippen LogP contribution in [0.2, 0.25) is 0 Å². The normalized spacial score (nSPS) is 12.6. The van der Waals surface area contributed by atoms with Gasteiger partial charge in [-0.25, -0.2) is 4.98 Å². The van der Waals surface area contributed by atoms with E-state index in [9.17, 15) is 4.79 Å². The molecule has 0 spiro atoms. The molecule has 1 heterocycles. The summed E-state index contributed by atoms with van der Waals surface area (Å²) < 4.78 is 0.740. The number of amides is 1. The second-order valence-corrected chi connectivity index (χ2v) is 4.76. The maximum absolute atomic E-state index is 11.8. The van der Waals surface area contributed by atoms with Gasteiger partial charge in [-0.3, -0.25) is 4.79 Å². The van der Waals surface area contributed by atoms with Crippen LogP contribution in [0.15, 0.2) is 22.9 Å². The first-order valence-electron chi connectivity index (χ1n) is 5.17. The molecule has 0 aromatic carbocycles. The fraction of sp³-hybridized carbons (Fsp3) is 0.455. The molecule has 1 amide bonds. The number of rotatable bonds is 4. The van der Waals surface area contributed by atoms with Crippen LogP contribution in [0.1, 0.15) is 13.8 Å². The summed E-state index contributed by atoms with van der Waals surface area (Å²) in [5.74, 6) is 0.0127. The van der Waals surface area contributed by atoms with Crippen LogP contribution in [0.5, 0.6) is 0 Å². The lowest BCUT2D eigenvalue weighted by Crippen LogP contribution is -2.33. The van der Waals surface area contributed by atoms with Gasteiger partial charge in [0.25, 0.3) is 0 Å². The third-order valence-electron chi connectivity index (χ3n) is 2.39. The first-order chi connectivity index (χ1) is 7.54. The molecule has 0 saturated carbocycles. The molecule has 3 N–H and O–H groups in total. The van der Waals surface area contributed by atoms with E-state index in [2.05, 4.69) is 26.2 Å². The smallest absolute Gasteiger partial charge is 0.229 e. The summed E-state index contributed by atoms with van der Waals surface area (Å²) in [6.07, 6.45) is 1.61. The highest BCUT2D eigenvalue weighted by Gasteiger charge is 2.20. The van der Waals surface area contributed by atoms with Crippen LogP contribution < -0.4 is 11.1 Å². The van der Waals surface area contributed by atoms with Crippen LogP contribution in [-0.4, -0.2) is 17.4 Å². The van der Waals surface area contributed by atoms with E-state index in [0.717, 1.165) is 4.60 Å². The van der Waals surface area contributed by atoms with Gasteiger partial charge in [0.15, 0.2) is 0 Å². The maximum atomic E-state index is 11.8. The van der Waals surface area contributed by atoms with E-state index in [0.29, 0.717) is 12.2 Å². The van der Waals surface area contributed by atoms with Gasteiger partial charge in [-0.15, -0.1) is 0 Å². The van der Waals surface area contributed by atoms with Gasteiger partial charge in [0.2, 0.25) is 5.91 Å². The Morgan fingerprint density at radius 3 is 2.69 bits per heavy atom. The Bertz CT molecular complexity index is 351. The zero-order valence-corrected chi connectivity index (χ0v) is 11.0. The molecule has 0 saturated heterocycles. The molecule has 1 aromatic heterocycles. The van der Waals surface area contributed by atoms with E-state index in [4.69, 9.17) is 5.73 Å². The highest BCUT2D eigenvalue weighted by molar-refractivity contribution is 9.10. The van der Waals surface area contributed by atoms with Gasteiger partial charge < -0.3 is 11.1 Å². The molecule has 0 bridgehead atoms. The van der Waals surface area contributed by atoms with Crippen molar-refractivity contribution in [1.82, 2.24) is 4.98 Å². The SMILES string of the molecule is CC(C)C(CN)C(=O)Nc1ccc(Br)nc1. The molecular weight excluding hydrogens is 270 g/mol.